The third-order valence-electron chi connectivity index (χ3n) is 2.58. The van der Waals surface area contributed by atoms with Crippen molar-refractivity contribution in [1.82, 2.24) is 0 Å². The minimum atomic E-state index is 1.02. The largest absolute Gasteiger partial charge is 0.339 e. The first-order chi connectivity index (χ1) is 6.18. The highest BCUT2D eigenvalue weighted by Gasteiger charge is 2.17. The quantitative estimate of drug-likeness (QED) is 0.580. The van der Waals surface area contributed by atoms with Gasteiger partial charge in [0.1, 0.15) is 0 Å². The van der Waals surface area contributed by atoms with Gasteiger partial charge in [-0.15, -0.1) is 0 Å². The molecule has 0 radical (unpaired) electrons. The van der Waals surface area contributed by atoms with E-state index in [0.29, 0.717) is 0 Å². The second-order valence-electron chi connectivity index (χ2n) is 3.58. The Morgan fingerprint density at radius 3 is 2.85 bits per heavy atom. The predicted molar refractivity (Wildman–Crippen MR) is 60.5 cm³/mol. The first-order valence-corrected chi connectivity index (χ1v) is 4.95. The summed E-state index contributed by atoms with van der Waals surface area (Å²) in [5, 5.41) is 0. The highest BCUT2D eigenvalue weighted by atomic mass is 32.1. The average molecular weight is 191 g/mol. The number of thiocarbonyl (C=S) groups is 1. The standard InChI is InChI=1S/C11H13NS/c1-8-3-5-10-9(7-8)4-6-11(13)12(10)2/h3,5,7H,4,6H2,1-2H3. The molecule has 0 N–H and O–H groups in total. The Kier molecular flexibility index (Phi) is 2.08. The maximum atomic E-state index is 5.26. The molecule has 0 aromatic heterocycles. The van der Waals surface area contributed by atoms with Crippen LogP contribution in [0.25, 0.3) is 0 Å². The number of nitrogens with zero attached hydrogens (tertiary/aromatic N) is 1. The molecule has 1 aromatic rings. The molecule has 1 aromatic carbocycles. The normalized spacial score (nSPS) is 15.8. The van der Waals surface area contributed by atoms with Crippen LogP contribution in [-0.4, -0.2) is 12.0 Å². The second kappa shape index (κ2) is 3.11. The van der Waals surface area contributed by atoms with Crippen molar-refractivity contribution < 1.29 is 0 Å². The third-order valence-corrected chi connectivity index (χ3v) is 3.06. The molecule has 0 saturated heterocycles. The minimum absolute atomic E-state index is 1.02. The van der Waals surface area contributed by atoms with Gasteiger partial charge in [0.2, 0.25) is 0 Å². The molecule has 0 fully saturated rings. The highest BCUT2D eigenvalue weighted by molar-refractivity contribution is 7.80. The maximum Gasteiger partial charge on any atom is 0.0824 e. The monoisotopic (exact) mass is 191 g/mol. The van der Waals surface area contributed by atoms with Crippen LogP contribution < -0.4 is 4.90 Å². The van der Waals surface area contributed by atoms with E-state index < -0.39 is 0 Å². The van der Waals surface area contributed by atoms with Gasteiger partial charge in [0.05, 0.1) is 4.99 Å². The van der Waals surface area contributed by atoms with Gasteiger partial charge in [-0.3, -0.25) is 0 Å². The Morgan fingerprint density at radius 1 is 1.31 bits per heavy atom. The van der Waals surface area contributed by atoms with Crippen LogP contribution in [0.15, 0.2) is 18.2 Å². The van der Waals surface area contributed by atoms with Crippen LogP contribution in [0, 0.1) is 6.92 Å². The van der Waals surface area contributed by atoms with Crippen molar-refractivity contribution in [2.75, 3.05) is 11.9 Å². The van der Waals surface area contributed by atoms with Gasteiger partial charge in [0.25, 0.3) is 0 Å². The lowest BCUT2D eigenvalue weighted by atomic mass is 10.0. The van der Waals surface area contributed by atoms with Gasteiger partial charge in [-0.25, -0.2) is 0 Å². The number of rotatable bonds is 0. The van der Waals surface area contributed by atoms with Crippen molar-refractivity contribution in [3.8, 4) is 0 Å². The van der Waals surface area contributed by atoms with Crippen molar-refractivity contribution in [3.05, 3.63) is 29.3 Å². The van der Waals surface area contributed by atoms with Crippen LogP contribution in [0.4, 0.5) is 5.69 Å². The zero-order valence-electron chi connectivity index (χ0n) is 8.00. The van der Waals surface area contributed by atoms with Crippen molar-refractivity contribution >= 4 is 22.9 Å². The summed E-state index contributed by atoms with van der Waals surface area (Å²) in [5.74, 6) is 0. The van der Waals surface area contributed by atoms with Crippen LogP contribution >= 0.6 is 12.2 Å². The molecular weight excluding hydrogens is 178 g/mol. The lowest BCUT2D eigenvalue weighted by Gasteiger charge is -2.28. The Morgan fingerprint density at radius 2 is 2.08 bits per heavy atom. The molecule has 0 saturated carbocycles. The smallest absolute Gasteiger partial charge is 0.0824 e. The van der Waals surface area contributed by atoms with Gasteiger partial charge >= 0.3 is 0 Å². The van der Waals surface area contributed by atoms with E-state index in [1.54, 1.807) is 0 Å². The zero-order chi connectivity index (χ0) is 9.42. The molecule has 13 heavy (non-hydrogen) atoms. The molecule has 0 bridgehead atoms. The molecular formula is C11H13NS. The number of hydrogen-bond acceptors (Lipinski definition) is 1. The molecule has 2 heteroatoms. The summed E-state index contributed by atoms with van der Waals surface area (Å²) < 4.78 is 0. The average Bonchev–Trinajstić information content (AvgIpc) is 2.12. The van der Waals surface area contributed by atoms with Crippen LogP contribution in [0.1, 0.15) is 17.5 Å². The topological polar surface area (TPSA) is 3.24 Å². The lowest BCUT2D eigenvalue weighted by molar-refractivity contribution is 0.973. The van der Waals surface area contributed by atoms with Crippen LogP contribution in [-0.2, 0) is 6.42 Å². The van der Waals surface area contributed by atoms with E-state index in [1.165, 1.54) is 16.8 Å². The van der Waals surface area contributed by atoms with Crippen molar-refractivity contribution in [3.63, 3.8) is 0 Å². The van der Waals surface area contributed by atoms with E-state index in [4.69, 9.17) is 12.2 Å². The van der Waals surface area contributed by atoms with Crippen LogP contribution in [0.2, 0.25) is 0 Å². The van der Waals surface area contributed by atoms with Gasteiger partial charge in [-0.1, -0.05) is 29.9 Å². The van der Waals surface area contributed by atoms with E-state index in [9.17, 15) is 0 Å². The SMILES string of the molecule is Cc1ccc2c(c1)CCC(=S)N2C. The van der Waals surface area contributed by atoms with E-state index >= 15 is 0 Å². The van der Waals surface area contributed by atoms with E-state index in [2.05, 4.69) is 37.1 Å². The molecule has 0 aliphatic carbocycles. The molecule has 68 valence electrons. The van der Waals surface area contributed by atoms with Gasteiger partial charge in [-0.2, -0.15) is 0 Å². The molecule has 0 atom stereocenters. The molecule has 1 aliphatic rings. The summed E-state index contributed by atoms with van der Waals surface area (Å²) in [6.07, 6.45) is 2.11. The minimum Gasteiger partial charge on any atom is -0.339 e. The van der Waals surface area contributed by atoms with Gasteiger partial charge in [0, 0.05) is 19.2 Å². The van der Waals surface area contributed by atoms with Crippen molar-refractivity contribution in [1.29, 1.82) is 0 Å². The summed E-state index contributed by atoms with van der Waals surface area (Å²) >= 11 is 5.26. The van der Waals surface area contributed by atoms with Crippen molar-refractivity contribution in [2.24, 2.45) is 0 Å². The fraction of sp³-hybridized carbons (Fsp3) is 0.364. The first-order valence-electron chi connectivity index (χ1n) is 4.54. The summed E-state index contributed by atoms with van der Waals surface area (Å²) in [6.45, 7) is 2.13. The Hall–Kier alpha value is -0.890. The molecule has 0 unspecified atom stereocenters. The number of fused-ring (bicyclic) bond motifs is 1. The number of anilines is 1. The number of benzene rings is 1. The molecule has 0 amide bonds. The summed E-state index contributed by atoms with van der Waals surface area (Å²) in [7, 11) is 2.05. The Balaban J connectivity index is 2.49. The zero-order valence-corrected chi connectivity index (χ0v) is 8.82. The molecule has 0 spiro atoms. The van der Waals surface area contributed by atoms with Gasteiger partial charge in [0.15, 0.2) is 0 Å². The second-order valence-corrected chi connectivity index (χ2v) is 4.06. The van der Waals surface area contributed by atoms with Gasteiger partial charge < -0.3 is 4.90 Å². The third kappa shape index (κ3) is 1.46. The highest BCUT2D eigenvalue weighted by Crippen LogP contribution is 2.27. The Labute approximate surface area is 84.4 Å². The van der Waals surface area contributed by atoms with Crippen LogP contribution in [0.3, 0.4) is 0 Å². The van der Waals surface area contributed by atoms with Crippen LogP contribution in [0.5, 0.6) is 0 Å². The van der Waals surface area contributed by atoms with E-state index in [1.807, 2.05) is 0 Å². The molecule has 2 rings (SSSR count). The summed E-state index contributed by atoms with van der Waals surface area (Å²) in [5.41, 5.74) is 4.04. The number of aryl methyl sites for hydroxylation is 2. The predicted octanol–water partition coefficient (Wildman–Crippen LogP) is 2.70. The number of hydrogen-bond donors (Lipinski definition) is 0. The molecule has 1 nitrogen and oxygen atoms in total. The summed E-state index contributed by atoms with van der Waals surface area (Å²) in [4.78, 5) is 3.17. The van der Waals surface area contributed by atoms with Gasteiger partial charge in [-0.05, 0) is 25.0 Å². The summed E-state index contributed by atoms with van der Waals surface area (Å²) in [6, 6.07) is 6.56. The fourth-order valence-corrected chi connectivity index (χ4v) is 1.99. The Bertz CT molecular complexity index is 357. The van der Waals surface area contributed by atoms with E-state index in [0.717, 1.165) is 17.8 Å². The molecule has 1 heterocycles. The van der Waals surface area contributed by atoms with E-state index in [-0.39, 0.29) is 0 Å². The van der Waals surface area contributed by atoms with Crippen molar-refractivity contribution in [2.45, 2.75) is 19.8 Å². The lowest BCUT2D eigenvalue weighted by Crippen LogP contribution is -2.29. The fourth-order valence-electron chi connectivity index (χ4n) is 1.79. The maximum absolute atomic E-state index is 5.26. The first kappa shape index (κ1) is 8.70. The molecule has 1 aliphatic heterocycles.